The van der Waals surface area contributed by atoms with Gasteiger partial charge in [-0.15, -0.1) is 0 Å². The zero-order valence-corrected chi connectivity index (χ0v) is 66.1. The molecule has 116 heavy (non-hydrogen) atoms. The predicted molar refractivity (Wildman–Crippen MR) is 380 cm³/mol. The average Bonchev–Trinajstić information content (AvgIpc) is 0.673. The molecule has 8 heterocycles. The third kappa shape index (κ3) is 16.2. The summed E-state index contributed by atoms with van der Waals surface area (Å²) in [5, 5.41) is 253. The van der Waals surface area contributed by atoms with E-state index in [9.17, 15) is 117 Å². The van der Waals surface area contributed by atoms with Crippen molar-refractivity contribution in [2.75, 3.05) is 46.2 Å². The molecule has 12 fully saturated rings. The van der Waals surface area contributed by atoms with Crippen LogP contribution in [0.5, 0.6) is 0 Å². The number of aliphatic hydroxyl groups excluding tert-OH is 23. The van der Waals surface area contributed by atoms with E-state index in [1.165, 1.54) is 13.8 Å². The fourth-order valence-corrected chi connectivity index (χ4v) is 21.7. The van der Waals surface area contributed by atoms with E-state index in [-0.39, 0.29) is 23.7 Å². The van der Waals surface area contributed by atoms with Crippen LogP contribution in [0.3, 0.4) is 0 Å². The van der Waals surface area contributed by atoms with Gasteiger partial charge in [-0.25, -0.2) is 0 Å². The molecule has 8 aliphatic heterocycles. The van der Waals surface area contributed by atoms with Gasteiger partial charge in [-0.3, -0.25) is 4.79 Å². The van der Waals surface area contributed by atoms with E-state index in [1.807, 2.05) is 6.92 Å². The van der Waals surface area contributed by atoms with Crippen LogP contribution in [0.4, 0.5) is 0 Å². The zero-order valence-electron chi connectivity index (χ0n) is 66.1. The minimum atomic E-state index is -2.08. The van der Waals surface area contributed by atoms with Crippen molar-refractivity contribution >= 4 is 5.97 Å². The third-order valence-electron chi connectivity index (χ3n) is 29.2. The van der Waals surface area contributed by atoms with E-state index in [1.54, 1.807) is 0 Å². The molecule has 8 saturated heterocycles. The van der Waals surface area contributed by atoms with Crippen LogP contribution in [0.25, 0.3) is 0 Å². The Balaban J connectivity index is 0.712. The molecule has 40 nitrogen and oxygen atoms in total. The molecular weight excluding hydrogens is 1550 g/mol. The minimum absolute atomic E-state index is 0.0423. The lowest BCUT2D eigenvalue weighted by molar-refractivity contribution is -0.393. The summed E-state index contributed by atoms with van der Waals surface area (Å²) in [6.45, 7) is 11.0. The van der Waals surface area contributed by atoms with Crippen LogP contribution in [-0.2, 0) is 80.6 Å². The summed E-state index contributed by atoms with van der Waals surface area (Å²) >= 11 is 0. The molecule has 668 valence electrons. The van der Waals surface area contributed by atoms with E-state index in [2.05, 4.69) is 40.7 Å². The van der Waals surface area contributed by atoms with E-state index in [0.717, 1.165) is 5.57 Å². The molecule has 47 atom stereocenters. The van der Waals surface area contributed by atoms with Gasteiger partial charge in [-0.1, -0.05) is 53.2 Å². The van der Waals surface area contributed by atoms with Gasteiger partial charge in [-0.05, 0) is 117 Å². The fourth-order valence-electron chi connectivity index (χ4n) is 21.7. The van der Waals surface area contributed by atoms with Crippen molar-refractivity contribution in [3.63, 3.8) is 0 Å². The minimum Gasteiger partial charge on any atom is -0.432 e. The Morgan fingerprint density at radius 1 is 0.422 bits per heavy atom. The standard InChI is InChI=1S/C76H124O40/c1-27-40(82)46(88)52(94)64(104-27)112-58-33(21-78)107-62(55(97)49(58)91)102-24-35-44(86)48(90)54(96)67(109-35)116-70(100)76-17-15-71(3,4)19-30(76)29-9-10-38-72(5)13-12-39(73(6,26-80)37(72)11-14-75(38,8)74(29,7)16-18-76)111-69-61(115-68-57(99)60(41(83)28(2)105-68)114-63-51(93)42(84)31(81)23-101-63)45(87)36(25-103-69)110-65-56(98)50(92)59(34(22-79)108-65)113-66-53(95)47(89)43(85)32(20-77)106-66/h9,27-28,30-69,77-99H,10-26H2,1-8H3/t27-,28-,30-,31+,32+,33+,34+,35+,36-,37+,38+,39-,40-,41-,42-,43+,44+,45-,46+,47-,48-,49+,50+,51+,52+,53+,54+,55+,56+,57+,58+,59+,60+,61+,62+,63-,64-,65-,66-,67-,68-,69-,72-,73-,74+,75+,76-/m0/s1. The number of rotatable bonds is 21. The highest BCUT2D eigenvalue weighted by Crippen LogP contribution is 2.76. The number of esters is 1. The highest BCUT2D eigenvalue weighted by atomic mass is 16.8. The van der Waals surface area contributed by atoms with Gasteiger partial charge in [0.25, 0.3) is 0 Å². The summed E-state index contributed by atoms with van der Waals surface area (Å²) in [6.07, 6.45) is -59.8. The van der Waals surface area contributed by atoms with Gasteiger partial charge >= 0.3 is 5.97 Å². The maximum atomic E-state index is 15.5. The Hall–Kier alpha value is -2.31. The molecule has 4 saturated carbocycles. The Bertz CT molecular complexity index is 3310. The molecule has 0 unspecified atom stereocenters. The van der Waals surface area contributed by atoms with Crippen LogP contribution in [-0.4, -0.2) is 409 Å². The molecule has 0 aromatic carbocycles. The summed E-state index contributed by atoms with van der Waals surface area (Å²) in [7, 11) is 0. The molecule has 0 amide bonds. The van der Waals surface area contributed by atoms with E-state index in [0.29, 0.717) is 57.8 Å². The van der Waals surface area contributed by atoms with Crippen molar-refractivity contribution in [2.24, 2.45) is 50.2 Å². The molecule has 0 bridgehead atoms. The third-order valence-corrected chi connectivity index (χ3v) is 29.2. The van der Waals surface area contributed by atoms with E-state index >= 15 is 4.79 Å². The molecule has 0 radical (unpaired) electrons. The van der Waals surface area contributed by atoms with Gasteiger partial charge in [0.05, 0.1) is 70.0 Å². The molecule has 13 aliphatic rings. The molecule has 40 heteroatoms. The smallest absolute Gasteiger partial charge is 0.315 e. The fraction of sp³-hybridized carbons (Fsp3) is 0.961. The quantitative estimate of drug-likeness (QED) is 0.0288. The number of allylic oxidation sites excluding steroid dienone is 2. The van der Waals surface area contributed by atoms with Crippen LogP contribution in [0.15, 0.2) is 11.6 Å². The first-order valence-electron chi connectivity index (χ1n) is 40.6. The summed E-state index contributed by atoms with van der Waals surface area (Å²) in [5.74, 6) is -1.40. The van der Waals surface area contributed by atoms with Crippen LogP contribution < -0.4 is 0 Å². The number of ether oxygens (including phenoxy) is 16. The van der Waals surface area contributed by atoms with Crippen LogP contribution in [0.2, 0.25) is 0 Å². The monoisotopic (exact) mass is 1680 g/mol. The van der Waals surface area contributed by atoms with Gasteiger partial charge in [0, 0.05) is 5.41 Å². The maximum Gasteiger partial charge on any atom is 0.315 e. The van der Waals surface area contributed by atoms with Gasteiger partial charge in [0.1, 0.15) is 171 Å². The van der Waals surface area contributed by atoms with Crippen LogP contribution in [0.1, 0.15) is 120 Å². The summed E-state index contributed by atoms with van der Waals surface area (Å²) in [4.78, 5) is 15.5. The lowest BCUT2D eigenvalue weighted by Crippen LogP contribution is -2.68. The van der Waals surface area contributed by atoms with Gasteiger partial charge in [0.15, 0.2) is 44.0 Å². The van der Waals surface area contributed by atoms with Crippen molar-refractivity contribution in [3.8, 4) is 0 Å². The lowest BCUT2D eigenvalue weighted by Gasteiger charge is -2.71. The average molecular weight is 1680 g/mol. The number of carbonyl (C=O) groups excluding carboxylic acids is 1. The number of fused-ring (bicyclic) bond motifs is 7. The van der Waals surface area contributed by atoms with Crippen LogP contribution >= 0.6 is 0 Å². The largest absolute Gasteiger partial charge is 0.432 e. The second-order valence-corrected chi connectivity index (χ2v) is 36.5. The van der Waals surface area contributed by atoms with Crippen molar-refractivity contribution in [2.45, 2.75) is 359 Å². The maximum absolute atomic E-state index is 15.5. The second-order valence-electron chi connectivity index (χ2n) is 36.5. The number of hydrogen-bond donors (Lipinski definition) is 23. The van der Waals surface area contributed by atoms with Gasteiger partial charge < -0.3 is 193 Å². The normalized spacial score (nSPS) is 55.1. The Kier molecular flexibility index (Phi) is 27.8. The van der Waals surface area contributed by atoms with Gasteiger partial charge in [-0.2, -0.15) is 0 Å². The predicted octanol–water partition coefficient (Wildman–Crippen LogP) is -8.43. The molecule has 23 N–H and O–H groups in total. The Labute approximate surface area is 669 Å². The Morgan fingerprint density at radius 3 is 1.55 bits per heavy atom. The molecule has 0 spiro atoms. The first kappa shape index (κ1) is 91.4. The highest BCUT2D eigenvalue weighted by Gasteiger charge is 2.71. The lowest BCUT2D eigenvalue weighted by atomic mass is 9.33. The number of carbonyl (C=O) groups is 1. The van der Waals surface area contributed by atoms with Crippen molar-refractivity contribution in [3.05, 3.63) is 11.6 Å². The molecule has 5 aliphatic carbocycles. The summed E-state index contributed by atoms with van der Waals surface area (Å²) in [6, 6.07) is 0. The first-order valence-corrected chi connectivity index (χ1v) is 40.6. The SMILES string of the molecule is C[C@@H]1O[C@@H](O[C@H]2[C@H](O)[C@@H](O)[C@H](OC[C@H]3O[C@@H](OC(=O)[C@]45CCC(C)(C)C[C@H]4C4=CC[C@@H]6[C@@]7(C)CC[C@H](O[C@@H]8OC[C@H](O[C@@H]9O[C@H](CO)[C@@H](O[C@@H]%10O[C@H](CO)[C@@H](O)[C@H](O)[C@H]%10O)[C@H](O)[C@H]9O)[C@H](O)[C@H]8O[C@@H]8O[C@@H](C)[C@H](O)[C@@H](O[C@@H]9OC[C@@H](O)[C@H](O)[C@H]9O)[C@H]8O)[C@@](C)(CO)[C@@H]7CC[C@@]6(C)[C@]4(C)CC5)[C@H](O)[C@@H](O)[C@@H]3O)O[C@@H]2CO)[C@H](O)[C@H](O)[C@H]1O. The number of aliphatic hydroxyl groups is 23. The summed E-state index contributed by atoms with van der Waals surface area (Å²) in [5.41, 5.74) is -2.96. The van der Waals surface area contributed by atoms with E-state index in [4.69, 9.17) is 75.8 Å². The topological polar surface area (TPSA) is 630 Å². The van der Waals surface area contributed by atoms with Gasteiger partial charge in [0.2, 0.25) is 6.29 Å². The van der Waals surface area contributed by atoms with Crippen molar-refractivity contribution < 1.29 is 198 Å². The van der Waals surface area contributed by atoms with Crippen molar-refractivity contribution in [1.82, 2.24) is 0 Å². The number of hydrogen-bond acceptors (Lipinski definition) is 40. The molecule has 0 aromatic heterocycles. The molecule has 0 aromatic rings. The Morgan fingerprint density at radius 2 is 0.922 bits per heavy atom. The molecule has 13 rings (SSSR count). The van der Waals surface area contributed by atoms with Crippen molar-refractivity contribution in [1.29, 1.82) is 0 Å². The molecular formula is C76H124O40. The van der Waals surface area contributed by atoms with E-state index < -0.39 is 325 Å². The van der Waals surface area contributed by atoms with Crippen LogP contribution in [0, 0.1) is 50.2 Å². The highest BCUT2D eigenvalue weighted by molar-refractivity contribution is 5.79. The first-order chi connectivity index (χ1) is 54.6. The summed E-state index contributed by atoms with van der Waals surface area (Å²) < 4.78 is 95.8. The zero-order chi connectivity index (χ0) is 84.4. The second kappa shape index (κ2) is 35.3.